The second-order valence-corrected chi connectivity index (χ2v) is 6.23. The number of nitrogens with one attached hydrogen (secondary N) is 2. The second-order valence-electron chi connectivity index (χ2n) is 5.20. The molecule has 1 aromatic rings. The number of hydrogen-bond acceptors (Lipinski definition) is 3. The highest BCUT2D eigenvalue weighted by molar-refractivity contribution is 7.09. The highest BCUT2D eigenvalue weighted by Crippen LogP contribution is 2.13. The first-order valence-electron chi connectivity index (χ1n) is 6.68. The molecule has 5 nitrogen and oxygen atoms in total. The van der Waals surface area contributed by atoms with Gasteiger partial charge in [0.25, 0.3) is 0 Å². The molecule has 1 heterocycles. The number of rotatable bonds is 6. The van der Waals surface area contributed by atoms with Crippen molar-refractivity contribution >= 4 is 23.3 Å². The van der Waals surface area contributed by atoms with Crippen LogP contribution in [0.15, 0.2) is 17.5 Å². The van der Waals surface area contributed by atoms with E-state index in [1.807, 2.05) is 6.07 Å². The van der Waals surface area contributed by atoms with Crippen molar-refractivity contribution in [1.82, 2.24) is 15.5 Å². The molecule has 0 radical (unpaired) electrons. The summed E-state index contributed by atoms with van der Waals surface area (Å²) >= 11 is 1.72. The standard InChI is InChI=1S/C14H23N3O2S/c1-10(8-12-6-5-7-20-12)9-15-14(19)16-11(2)13(18)17(3)4/h5-7,10-11H,8-9H2,1-4H3,(H2,15,16,19)/t10-,11+/m1/s1. The van der Waals surface area contributed by atoms with Crippen molar-refractivity contribution in [1.29, 1.82) is 0 Å². The number of carbonyl (C=O) groups is 2. The maximum Gasteiger partial charge on any atom is 0.315 e. The quantitative estimate of drug-likeness (QED) is 0.839. The maximum atomic E-state index is 11.7. The SMILES string of the molecule is C[C@@H](CNC(=O)N[C@@H](C)C(=O)N(C)C)Cc1cccs1. The van der Waals surface area contributed by atoms with E-state index in [-0.39, 0.29) is 11.9 Å². The van der Waals surface area contributed by atoms with Crippen molar-refractivity contribution < 1.29 is 9.59 Å². The number of amides is 3. The van der Waals surface area contributed by atoms with E-state index in [9.17, 15) is 9.59 Å². The highest BCUT2D eigenvalue weighted by Gasteiger charge is 2.17. The molecule has 0 saturated heterocycles. The molecule has 20 heavy (non-hydrogen) atoms. The molecule has 0 bridgehead atoms. The Morgan fingerprint density at radius 3 is 2.60 bits per heavy atom. The zero-order valence-electron chi connectivity index (χ0n) is 12.5. The van der Waals surface area contributed by atoms with Crippen molar-refractivity contribution in [3.8, 4) is 0 Å². The first kappa shape index (κ1) is 16.5. The molecule has 0 aliphatic rings. The Balaban J connectivity index is 2.27. The number of nitrogens with zero attached hydrogens (tertiary/aromatic N) is 1. The lowest BCUT2D eigenvalue weighted by molar-refractivity contribution is -0.130. The lowest BCUT2D eigenvalue weighted by Crippen LogP contribution is -2.48. The maximum absolute atomic E-state index is 11.7. The Kier molecular flexibility index (Phi) is 6.51. The monoisotopic (exact) mass is 297 g/mol. The van der Waals surface area contributed by atoms with Crippen molar-refractivity contribution in [2.75, 3.05) is 20.6 Å². The zero-order chi connectivity index (χ0) is 15.1. The van der Waals surface area contributed by atoms with Gasteiger partial charge >= 0.3 is 6.03 Å². The van der Waals surface area contributed by atoms with E-state index >= 15 is 0 Å². The number of hydrogen-bond donors (Lipinski definition) is 2. The van der Waals surface area contributed by atoms with Gasteiger partial charge in [-0.25, -0.2) is 4.79 Å². The summed E-state index contributed by atoms with van der Waals surface area (Å²) in [5.41, 5.74) is 0. The fourth-order valence-corrected chi connectivity index (χ4v) is 2.68. The van der Waals surface area contributed by atoms with Gasteiger partial charge in [-0.2, -0.15) is 0 Å². The van der Waals surface area contributed by atoms with Gasteiger partial charge in [-0.3, -0.25) is 4.79 Å². The molecule has 0 saturated carbocycles. The van der Waals surface area contributed by atoms with Gasteiger partial charge in [-0.1, -0.05) is 13.0 Å². The summed E-state index contributed by atoms with van der Waals surface area (Å²) < 4.78 is 0. The summed E-state index contributed by atoms with van der Waals surface area (Å²) in [7, 11) is 3.34. The largest absolute Gasteiger partial charge is 0.347 e. The van der Waals surface area contributed by atoms with Gasteiger partial charge in [-0.15, -0.1) is 11.3 Å². The van der Waals surface area contributed by atoms with Crippen molar-refractivity contribution in [3.63, 3.8) is 0 Å². The molecule has 2 N–H and O–H groups in total. The van der Waals surface area contributed by atoms with Crippen LogP contribution < -0.4 is 10.6 Å². The molecule has 1 rings (SSSR count). The van der Waals surface area contributed by atoms with Crippen LogP contribution in [-0.2, 0) is 11.2 Å². The topological polar surface area (TPSA) is 61.4 Å². The van der Waals surface area contributed by atoms with E-state index in [1.165, 1.54) is 9.78 Å². The molecule has 0 fully saturated rings. The molecule has 2 atom stereocenters. The summed E-state index contributed by atoms with van der Waals surface area (Å²) in [5, 5.41) is 7.49. The molecule has 0 spiro atoms. The molecule has 0 aromatic carbocycles. The van der Waals surface area contributed by atoms with E-state index < -0.39 is 6.04 Å². The zero-order valence-corrected chi connectivity index (χ0v) is 13.3. The van der Waals surface area contributed by atoms with Crippen molar-refractivity contribution in [2.45, 2.75) is 26.3 Å². The van der Waals surface area contributed by atoms with Crippen LogP contribution in [0, 0.1) is 5.92 Å². The summed E-state index contributed by atoms with van der Waals surface area (Å²) in [4.78, 5) is 26.1. The van der Waals surface area contributed by atoms with Crippen LogP contribution in [0.4, 0.5) is 4.79 Å². The summed E-state index contributed by atoms with van der Waals surface area (Å²) in [5.74, 6) is 0.242. The average molecular weight is 297 g/mol. The van der Waals surface area contributed by atoms with Gasteiger partial charge in [0, 0.05) is 25.5 Å². The molecule has 0 aliphatic carbocycles. The predicted molar refractivity (Wildman–Crippen MR) is 81.9 cm³/mol. The van der Waals surface area contributed by atoms with Crippen LogP contribution in [0.3, 0.4) is 0 Å². The molecule has 6 heteroatoms. The second kappa shape index (κ2) is 7.89. The van der Waals surface area contributed by atoms with Gasteiger partial charge in [0.1, 0.15) is 6.04 Å². The fraction of sp³-hybridized carbons (Fsp3) is 0.571. The van der Waals surface area contributed by atoms with Crippen LogP contribution in [0.1, 0.15) is 18.7 Å². The molecule has 1 aromatic heterocycles. The van der Waals surface area contributed by atoms with Crippen LogP contribution in [0.2, 0.25) is 0 Å². The van der Waals surface area contributed by atoms with Gasteiger partial charge in [0.05, 0.1) is 0 Å². The number of thiophene rings is 1. The lowest BCUT2D eigenvalue weighted by atomic mass is 10.1. The minimum Gasteiger partial charge on any atom is -0.347 e. The Labute approximate surface area is 124 Å². The van der Waals surface area contributed by atoms with Crippen LogP contribution >= 0.6 is 11.3 Å². The number of urea groups is 1. The van der Waals surface area contributed by atoms with Gasteiger partial charge < -0.3 is 15.5 Å². The minimum absolute atomic E-state index is 0.119. The fourth-order valence-electron chi connectivity index (χ4n) is 1.81. The molecule has 0 aliphatic heterocycles. The smallest absolute Gasteiger partial charge is 0.315 e. The van der Waals surface area contributed by atoms with E-state index in [1.54, 1.807) is 32.4 Å². The molecular weight excluding hydrogens is 274 g/mol. The number of likely N-dealkylation sites (N-methyl/N-ethyl adjacent to an activating group) is 1. The molecule has 0 unspecified atom stereocenters. The Morgan fingerprint density at radius 2 is 2.05 bits per heavy atom. The highest BCUT2D eigenvalue weighted by atomic mass is 32.1. The normalized spacial score (nSPS) is 13.4. The third-order valence-electron chi connectivity index (χ3n) is 2.90. The van der Waals surface area contributed by atoms with Gasteiger partial charge in [0.2, 0.25) is 5.91 Å². The number of carbonyl (C=O) groups excluding carboxylic acids is 2. The molecular formula is C14H23N3O2S. The van der Waals surface area contributed by atoms with E-state index in [2.05, 4.69) is 29.0 Å². The molecule has 3 amide bonds. The van der Waals surface area contributed by atoms with Gasteiger partial charge in [0.15, 0.2) is 0 Å². The van der Waals surface area contributed by atoms with Crippen molar-refractivity contribution in [2.24, 2.45) is 5.92 Å². The summed E-state index contributed by atoms with van der Waals surface area (Å²) in [6.07, 6.45) is 0.949. The van der Waals surface area contributed by atoms with Crippen molar-refractivity contribution in [3.05, 3.63) is 22.4 Å². The first-order chi connectivity index (χ1) is 9.40. The van der Waals surface area contributed by atoms with Crippen LogP contribution in [0.25, 0.3) is 0 Å². The summed E-state index contributed by atoms with van der Waals surface area (Å²) in [6.45, 7) is 4.36. The predicted octanol–water partition coefficient (Wildman–Crippen LogP) is 1.70. The summed E-state index contributed by atoms with van der Waals surface area (Å²) in [6, 6.07) is 3.31. The average Bonchev–Trinajstić information content (AvgIpc) is 2.88. The van der Waals surface area contributed by atoms with Crippen LogP contribution in [-0.4, -0.2) is 43.5 Å². The Morgan fingerprint density at radius 1 is 1.35 bits per heavy atom. The lowest BCUT2D eigenvalue weighted by Gasteiger charge is -2.19. The van der Waals surface area contributed by atoms with E-state index in [0.717, 1.165) is 6.42 Å². The third kappa shape index (κ3) is 5.61. The molecule has 112 valence electrons. The first-order valence-corrected chi connectivity index (χ1v) is 7.56. The third-order valence-corrected chi connectivity index (χ3v) is 3.80. The van der Waals surface area contributed by atoms with E-state index in [0.29, 0.717) is 12.5 Å². The van der Waals surface area contributed by atoms with Crippen LogP contribution in [0.5, 0.6) is 0 Å². The Hall–Kier alpha value is -1.56. The Bertz CT molecular complexity index is 432. The minimum atomic E-state index is -0.516. The van der Waals surface area contributed by atoms with E-state index in [4.69, 9.17) is 0 Å². The van der Waals surface area contributed by atoms with Gasteiger partial charge in [-0.05, 0) is 30.7 Å².